The smallest absolute Gasteiger partial charge is 0.322 e. The second kappa shape index (κ2) is 6.11. The van der Waals surface area contributed by atoms with E-state index in [-0.39, 0.29) is 33.5 Å². The first-order chi connectivity index (χ1) is 3.18. The monoisotopic (exact) mass is 344 g/mol. The summed E-state index contributed by atoms with van der Waals surface area (Å²) in [6.07, 6.45) is 0. The summed E-state index contributed by atoms with van der Waals surface area (Å²) in [5, 5.41) is 7.02. The van der Waals surface area contributed by atoms with Gasteiger partial charge < -0.3 is 5.11 Å². The molecule has 0 saturated carbocycles. The van der Waals surface area contributed by atoms with Crippen molar-refractivity contribution < 1.29 is 37.6 Å². The molecule has 0 aromatic heterocycles. The number of hydrogen-bond donors (Lipinski definition) is 1. The van der Waals surface area contributed by atoms with E-state index in [4.69, 9.17) is 28.3 Å². The Morgan fingerprint density at radius 3 is 2.12 bits per heavy atom. The van der Waals surface area contributed by atoms with Crippen LogP contribution in [-0.4, -0.2) is 22.3 Å². The zero-order valence-corrected chi connectivity index (χ0v) is 11.1. The van der Waals surface area contributed by atoms with Gasteiger partial charge in [-0.25, -0.2) is 0 Å². The van der Waals surface area contributed by atoms with Gasteiger partial charge >= 0.3 is 5.97 Å². The average molecular weight is 344 g/mol. The van der Waals surface area contributed by atoms with Crippen molar-refractivity contribution >= 4 is 29.2 Å². The summed E-state index contributed by atoms with van der Waals surface area (Å²) in [6.45, 7) is 0. The van der Waals surface area contributed by atoms with Crippen LogP contribution in [0.25, 0.3) is 0 Å². The van der Waals surface area contributed by atoms with Gasteiger partial charge in [-0.2, -0.15) is 0 Å². The van der Waals surface area contributed by atoms with Crippen molar-refractivity contribution in [2.75, 3.05) is 5.88 Å². The molecule has 0 aromatic carbocycles. The number of halogens is 2. The fourth-order valence-electron chi connectivity index (χ4n) is 0.0660. The van der Waals surface area contributed by atoms with Gasteiger partial charge in [0, 0.05) is 33.5 Å². The van der Waals surface area contributed by atoms with E-state index in [9.17, 15) is 4.79 Å². The summed E-state index contributed by atoms with van der Waals surface area (Å²) < 4.78 is 0. The van der Waals surface area contributed by atoms with E-state index in [0.29, 0.717) is 0 Å². The van der Waals surface area contributed by atoms with Crippen molar-refractivity contribution in [1.29, 1.82) is 0 Å². The Hall–Kier alpha value is 0.985. The van der Waals surface area contributed by atoms with Crippen LogP contribution in [0.15, 0.2) is 0 Å². The molecule has 0 aromatic rings. The molecule has 0 spiro atoms. The molecule has 5 heteroatoms. The first-order valence-electron chi connectivity index (χ1n) is 1.61. The second-order valence-electron chi connectivity index (χ2n) is 0.960. The van der Waals surface area contributed by atoms with Crippen LogP contribution in [0.1, 0.15) is 0 Å². The minimum atomic E-state index is -1.07. The summed E-state index contributed by atoms with van der Waals surface area (Å²) in [7, 11) is 0. The Bertz CT molecular complexity index is 77.7. The summed E-state index contributed by atoms with van der Waals surface area (Å²) in [4.78, 5) is 9.71. The van der Waals surface area contributed by atoms with Gasteiger partial charge in [0.05, 0.1) is 0 Å². The van der Waals surface area contributed by atoms with E-state index in [0.717, 1.165) is 0 Å². The van der Waals surface area contributed by atoms with Crippen molar-refractivity contribution in [3.8, 4) is 0 Å². The minimum Gasteiger partial charge on any atom is -0.480 e. The van der Waals surface area contributed by atoms with Crippen molar-refractivity contribution in [2.45, 2.75) is 5.38 Å². The molecule has 0 heterocycles. The van der Waals surface area contributed by atoms with Crippen LogP contribution < -0.4 is 0 Å². The summed E-state index contributed by atoms with van der Waals surface area (Å²) in [5.41, 5.74) is 0. The molecule has 44 valence electrons. The van der Waals surface area contributed by atoms with Gasteiger partial charge in [-0.05, 0) is 0 Å². The van der Waals surface area contributed by atoms with E-state index < -0.39 is 11.3 Å². The van der Waals surface area contributed by atoms with Crippen LogP contribution in [0.3, 0.4) is 0 Å². The van der Waals surface area contributed by atoms with Gasteiger partial charge in [-0.1, -0.05) is 0 Å². The number of alkyl halides is 2. The summed E-state index contributed by atoms with van der Waals surface area (Å²) >= 11 is 10.1. The molecule has 0 bridgehead atoms. The Balaban J connectivity index is 0. The largest absolute Gasteiger partial charge is 0.480 e. The maximum atomic E-state index is 9.71. The predicted octanol–water partition coefficient (Wildman–Crippen LogP) is 0.915. The predicted molar refractivity (Wildman–Crippen MR) is 28.0 cm³/mol. The molecule has 0 rings (SSSR count). The third-order valence-corrected chi connectivity index (χ3v) is 1.21. The number of carbonyl (C=O) groups is 1. The van der Waals surface area contributed by atoms with Crippen LogP contribution in [0.4, 0.5) is 0 Å². The number of carboxylic acid groups (broad SMARTS) is 1. The van der Waals surface area contributed by atoms with Crippen molar-refractivity contribution in [3.05, 3.63) is 0 Å². The molecule has 0 saturated heterocycles. The zero-order chi connectivity index (χ0) is 5.86. The number of rotatable bonds is 2. The second-order valence-corrected chi connectivity index (χ2v) is 1.80. The van der Waals surface area contributed by atoms with E-state index in [1.807, 2.05) is 0 Å². The number of hydrogen-bond acceptors (Lipinski definition) is 1. The number of carboxylic acids is 1. The van der Waals surface area contributed by atoms with E-state index in [1.54, 1.807) is 0 Å². The van der Waals surface area contributed by atoms with Crippen LogP contribution >= 0.6 is 23.2 Å². The normalized spacial score (nSPS) is 11.8. The molecular formula is C3H4Cl2HgO2. The summed E-state index contributed by atoms with van der Waals surface area (Å²) in [6, 6.07) is 0. The zero-order valence-electron chi connectivity index (χ0n) is 4.10. The Labute approximate surface area is 77.7 Å². The van der Waals surface area contributed by atoms with Crippen molar-refractivity contribution in [1.82, 2.24) is 0 Å². The third-order valence-electron chi connectivity index (χ3n) is 0.403. The van der Waals surface area contributed by atoms with Gasteiger partial charge in [0.15, 0.2) is 0 Å². The Kier molecular flexibility index (Phi) is 8.97. The van der Waals surface area contributed by atoms with Gasteiger partial charge in [-0.15, -0.1) is 23.2 Å². The first kappa shape index (κ1) is 11.7. The average Bonchev–Trinajstić information content (AvgIpc) is 1.65. The third kappa shape index (κ3) is 5.13. The SMILES string of the molecule is O=C(O)C(Cl)CCl.[Hg]. The van der Waals surface area contributed by atoms with Crippen LogP contribution in [0, 0.1) is 0 Å². The van der Waals surface area contributed by atoms with E-state index in [1.165, 1.54) is 0 Å². The fraction of sp³-hybridized carbons (Fsp3) is 0.667. The number of aliphatic carboxylic acids is 1. The molecule has 8 heavy (non-hydrogen) atoms. The molecule has 1 unspecified atom stereocenters. The molecule has 0 aliphatic heterocycles. The van der Waals surface area contributed by atoms with Crippen LogP contribution in [0.5, 0.6) is 0 Å². The standard InChI is InChI=1S/C3H4Cl2O2.Hg/c4-1-2(5)3(6)7;/h2H,1H2,(H,6,7);. The van der Waals surface area contributed by atoms with Crippen LogP contribution in [0.2, 0.25) is 0 Å². The topological polar surface area (TPSA) is 37.3 Å². The molecule has 0 aliphatic rings. The van der Waals surface area contributed by atoms with Gasteiger partial charge in [0.25, 0.3) is 0 Å². The Morgan fingerprint density at radius 2 is 2.12 bits per heavy atom. The fourth-order valence-corrected chi connectivity index (χ4v) is 0.198. The Morgan fingerprint density at radius 1 is 1.75 bits per heavy atom. The van der Waals surface area contributed by atoms with E-state index >= 15 is 0 Å². The van der Waals surface area contributed by atoms with Gasteiger partial charge in [-0.3, -0.25) is 4.79 Å². The molecule has 0 aliphatic carbocycles. The van der Waals surface area contributed by atoms with Crippen molar-refractivity contribution in [2.24, 2.45) is 0 Å². The molecule has 0 radical (unpaired) electrons. The quantitative estimate of drug-likeness (QED) is 0.598. The molecule has 0 fully saturated rings. The first-order valence-corrected chi connectivity index (χ1v) is 2.58. The maximum absolute atomic E-state index is 9.71. The van der Waals surface area contributed by atoms with E-state index in [2.05, 4.69) is 0 Å². The van der Waals surface area contributed by atoms with Gasteiger partial charge in [0.1, 0.15) is 5.38 Å². The molecular weight excluding hydrogens is 340 g/mol. The van der Waals surface area contributed by atoms with Crippen molar-refractivity contribution in [3.63, 3.8) is 0 Å². The molecule has 0 amide bonds. The maximum Gasteiger partial charge on any atom is 0.322 e. The molecule has 1 N–H and O–H groups in total. The summed E-state index contributed by atoms with van der Waals surface area (Å²) in [5.74, 6) is -1.12. The van der Waals surface area contributed by atoms with Crippen LogP contribution in [-0.2, 0) is 32.5 Å². The van der Waals surface area contributed by atoms with Gasteiger partial charge in [0.2, 0.25) is 0 Å². The minimum absolute atomic E-state index is 0. The molecule has 1 atom stereocenters. The molecule has 2 nitrogen and oxygen atoms in total.